The van der Waals surface area contributed by atoms with E-state index in [0.29, 0.717) is 0 Å². The molecule has 1 amide bonds. The van der Waals surface area contributed by atoms with Gasteiger partial charge in [-0.15, -0.1) is 0 Å². The summed E-state index contributed by atoms with van der Waals surface area (Å²) in [6, 6.07) is 4.14. The fourth-order valence-electron chi connectivity index (χ4n) is 1.80. The Balaban J connectivity index is 2.12. The highest BCUT2D eigenvalue weighted by Gasteiger charge is 2.15. The monoisotopic (exact) mass is 281 g/mol. The quantitative estimate of drug-likeness (QED) is 0.939. The maximum atomic E-state index is 13.5. The van der Waals surface area contributed by atoms with E-state index < -0.39 is 11.7 Å². The van der Waals surface area contributed by atoms with Gasteiger partial charge in [-0.05, 0) is 19.1 Å². The Bertz CT molecular complexity index is 604. The molecule has 0 aliphatic carbocycles. The van der Waals surface area contributed by atoms with Gasteiger partial charge in [0.1, 0.15) is 5.82 Å². The highest BCUT2D eigenvalue weighted by molar-refractivity contribution is 6.33. The third kappa shape index (κ3) is 2.93. The van der Waals surface area contributed by atoms with Crippen molar-refractivity contribution in [3.05, 3.63) is 52.1 Å². The summed E-state index contributed by atoms with van der Waals surface area (Å²) in [6.07, 6.45) is 1.80. The van der Waals surface area contributed by atoms with Crippen LogP contribution in [0.2, 0.25) is 5.02 Å². The lowest BCUT2D eigenvalue weighted by Gasteiger charge is -2.07. The maximum Gasteiger partial charge on any atom is 0.256 e. The molecule has 0 saturated heterocycles. The standard InChI is InChI=1S/C13H13ClFN3O/c1-8-9(7-18(2)17-8)6-16-13(19)12-10(14)4-3-5-11(12)15/h3-5,7H,6H2,1-2H3,(H,16,19). The van der Waals surface area contributed by atoms with Gasteiger partial charge in [-0.1, -0.05) is 17.7 Å². The fraction of sp³-hybridized carbons (Fsp3) is 0.231. The molecule has 19 heavy (non-hydrogen) atoms. The van der Waals surface area contributed by atoms with Crippen LogP contribution in [0.25, 0.3) is 0 Å². The van der Waals surface area contributed by atoms with Gasteiger partial charge in [0.25, 0.3) is 5.91 Å². The molecule has 0 bridgehead atoms. The Kier molecular flexibility index (Phi) is 3.85. The summed E-state index contributed by atoms with van der Waals surface area (Å²) < 4.78 is 15.2. The predicted octanol–water partition coefficient (Wildman–Crippen LogP) is 2.45. The van der Waals surface area contributed by atoms with Crippen molar-refractivity contribution in [1.82, 2.24) is 15.1 Å². The molecule has 0 atom stereocenters. The second kappa shape index (κ2) is 5.40. The molecule has 100 valence electrons. The second-order valence-electron chi connectivity index (χ2n) is 4.19. The van der Waals surface area contributed by atoms with Crippen molar-refractivity contribution in [3.8, 4) is 0 Å². The van der Waals surface area contributed by atoms with E-state index in [9.17, 15) is 9.18 Å². The van der Waals surface area contributed by atoms with Gasteiger partial charge in [-0.2, -0.15) is 5.10 Å². The minimum atomic E-state index is -0.632. The zero-order valence-corrected chi connectivity index (χ0v) is 11.3. The molecular weight excluding hydrogens is 269 g/mol. The molecular formula is C13H13ClFN3O. The Morgan fingerprint density at radius 2 is 2.26 bits per heavy atom. The highest BCUT2D eigenvalue weighted by Crippen LogP contribution is 2.18. The summed E-state index contributed by atoms with van der Waals surface area (Å²) in [5.74, 6) is -1.17. The number of aromatic nitrogens is 2. The average Bonchev–Trinajstić information content (AvgIpc) is 2.65. The number of aryl methyl sites for hydroxylation is 2. The van der Waals surface area contributed by atoms with Gasteiger partial charge in [-0.3, -0.25) is 9.48 Å². The zero-order valence-electron chi connectivity index (χ0n) is 10.6. The zero-order chi connectivity index (χ0) is 14.0. The van der Waals surface area contributed by atoms with Crippen molar-refractivity contribution in [2.75, 3.05) is 0 Å². The van der Waals surface area contributed by atoms with E-state index >= 15 is 0 Å². The summed E-state index contributed by atoms with van der Waals surface area (Å²) in [4.78, 5) is 11.9. The molecule has 6 heteroatoms. The Morgan fingerprint density at radius 1 is 1.53 bits per heavy atom. The summed E-state index contributed by atoms with van der Waals surface area (Å²) in [5, 5.41) is 6.89. The summed E-state index contributed by atoms with van der Waals surface area (Å²) >= 11 is 5.82. The van der Waals surface area contributed by atoms with Crippen molar-refractivity contribution in [2.24, 2.45) is 7.05 Å². The molecule has 0 fully saturated rings. The largest absolute Gasteiger partial charge is 0.348 e. The van der Waals surface area contributed by atoms with Crippen molar-refractivity contribution in [1.29, 1.82) is 0 Å². The summed E-state index contributed by atoms with van der Waals surface area (Å²) in [5.41, 5.74) is 1.57. The topological polar surface area (TPSA) is 46.9 Å². The molecule has 0 spiro atoms. The second-order valence-corrected chi connectivity index (χ2v) is 4.60. The van der Waals surface area contributed by atoms with Crippen molar-refractivity contribution < 1.29 is 9.18 Å². The number of carbonyl (C=O) groups is 1. The van der Waals surface area contributed by atoms with Gasteiger partial charge in [0.15, 0.2) is 0 Å². The average molecular weight is 282 g/mol. The minimum absolute atomic E-state index is 0.0976. The normalized spacial score (nSPS) is 10.5. The van der Waals surface area contributed by atoms with E-state index in [1.54, 1.807) is 17.9 Å². The number of halogens is 2. The van der Waals surface area contributed by atoms with Crippen LogP contribution in [-0.4, -0.2) is 15.7 Å². The van der Waals surface area contributed by atoms with Gasteiger partial charge in [0, 0.05) is 25.4 Å². The predicted molar refractivity (Wildman–Crippen MR) is 70.5 cm³/mol. The van der Waals surface area contributed by atoms with Crippen LogP contribution in [0.1, 0.15) is 21.6 Å². The Morgan fingerprint density at radius 3 is 2.84 bits per heavy atom. The molecule has 0 radical (unpaired) electrons. The van der Waals surface area contributed by atoms with Gasteiger partial charge in [0.05, 0.1) is 16.3 Å². The number of amides is 1. The maximum absolute atomic E-state index is 13.5. The van der Waals surface area contributed by atoms with Crippen LogP contribution >= 0.6 is 11.6 Å². The lowest BCUT2D eigenvalue weighted by molar-refractivity contribution is 0.0947. The van der Waals surface area contributed by atoms with Crippen LogP contribution in [-0.2, 0) is 13.6 Å². The Labute approximate surface area is 115 Å². The van der Waals surface area contributed by atoms with Crippen LogP contribution < -0.4 is 5.32 Å². The van der Waals surface area contributed by atoms with Crippen LogP contribution in [0.15, 0.2) is 24.4 Å². The molecule has 1 heterocycles. The molecule has 1 aromatic carbocycles. The number of rotatable bonds is 3. The van der Waals surface area contributed by atoms with E-state index in [-0.39, 0.29) is 17.1 Å². The molecule has 4 nitrogen and oxygen atoms in total. The van der Waals surface area contributed by atoms with Crippen molar-refractivity contribution in [3.63, 3.8) is 0 Å². The van der Waals surface area contributed by atoms with E-state index in [4.69, 9.17) is 11.6 Å². The summed E-state index contributed by atoms with van der Waals surface area (Å²) in [6.45, 7) is 2.13. The number of carbonyl (C=O) groups excluding carboxylic acids is 1. The highest BCUT2D eigenvalue weighted by atomic mass is 35.5. The van der Waals surface area contributed by atoms with E-state index in [1.165, 1.54) is 18.2 Å². The van der Waals surface area contributed by atoms with E-state index in [2.05, 4.69) is 10.4 Å². The fourth-order valence-corrected chi connectivity index (χ4v) is 2.05. The molecule has 1 N–H and O–H groups in total. The van der Waals surface area contributed by atoms with Crippen LogP contribution in [0.3, 0.4) is 0 Å². The summed E-state index contributed by atoms with van der Waals surface area (Å²) in [7, 11) is 1.80. The lowest BCUT2D eigenvalue weighted by Crippen LogP contribution is -2.24. The smallest absolute Gasteiger partial charge is 0.256 e. The minimum Gasteiger partial charge on any atom is -0.348 e. The number of nitrogens with one attached hydrogen (secondary N) is 1. The molecule has 2 aromatic rings. The number of benzene rings is 1. The molecule has 0 aliphatic heterocycles. The molecule has 2 rings (SSSR count). The van der Waals surface area contributed by atoms with Gasteiger partial charge >= 0.3 is 0 Å². The molecule has 0 unspecified atom stereocenters. The first-order chi connectivity index (χ1) is 8.99. The van der Waals surface area contributed by atoms with E-state index in [0.717, 1.165) is 11.3 Å². The molecule has 0 aliphatic rings. The van der Waals surface area contributed by atoms with Crippen molar-refractivity contribution >= 4 is 17.5 Å². The van der Waals surface area contributed by atoms with Crippen LogP contribution in [0.5, 0.6) is 0 Å². The molecule has 0 saturated carbocycles. The first-order valence-electron chi connectivity index (χ1n) is 5.70. The lowest BCUT2D eigenvalue weighted by atomic mass is 10.2. The Hall–Kier alpha value is -1.88. The van der Waals surface area contributed by atoms with Crippen molar-refractivity contribution in [2.45, 2.75) is 13.5 Å². The molecule has 1 aromatic heterocycles. The van der Waals surface area contributed by atoms with E-state index in [1.807, 2.05) is 6.92 Å². The number of nitrogens with zero attached hydrogens (tertiary/aromatic N) is 2. The SMILES string of the molecule is Cc1nn(C)cc1CNC(=O)c1c(F)cccc1Cl. The number of hydrogen-bond acceptors (Lipinski definition) is 2. The van der Waals surface area contributed by atoms with Crippen LogP contribution in [0.4, 0.5) is 4.39 Å². The third-order valence-electron chi connectivity index (χ3n) is 2.74. The van der Waals surface area contributed by atoms with Crippen LogP contribution in [0, 0.1) is 12.7 Å². The first kappa shape index (κ1) is 13.5. The third-order valence-corrected chi connectivity index (χ3v) is 3.06. The van der Waals surface area contributed by atoms with Gasteiger partial charge in [-0.25, -0.2) is 4.39 Å². The van der Waals surface area contributed by atoms with Gasteiger partial charge in [0.2, 0.25) is 0 Å². The van der Waals surface area contributed by atoms with Gasteiger partial charge < -0.3 is 5.32 Å². The number of hydrogen-bond donors (Lipinski definition) is 1. The first-order valence-corrected chi connectivity index (χ1v) is 6.08.